The van der Waals surface area contributed by atoms with Gasteiger partial charge in [-0.1, -0.05) is 35.3 Å². The number of nitrogens with one attached hydrogen (secondary N) is 1. The Kier molecular flexibility index (Phi) is 5.60. The van der Waals surface area contributed by atoms with Crippen molar-refractivity contribution in [2.24, 2.45) is 0 Å². The minimum atomic E-state index is -0.260. The van der Waals surface area contributed by atoms with Crippen LogP contribution in [0, 0.1) is 0 Å². The third-order valence-electron chi connectivity index (χ3n) is 4.53. The Hall–Kier alpha value is -2.77. The molecule has 0 aliphatic carbocycles. The average molecular weight is 433 g/mol. The lowest BCUT2D eigenvalue weighted by atomic mass is 10.0. The van der Waals surface area contributed by atoms with Crippen LogP contribution in [-0.4, -0.2) is 27.3 Å². The lowest BCUT2D eigenvalue weighted by Crippen LogP contribution is -2.29. The monoisotopic (exact) mass is 432 g/mol. The zero-order valence-electron chi connectivity index (χ0n) is 15.6. The van der Waals surface area contributed by atoms with Crippen molar-refractivity contribution in [3.63, 3.8) is 0 Å². The second-order valence-corrected chi connectivity index (χ2v) is 7.29. The van der Waals surface area contributed by atoms with Crippen molar-refractivity contribution in [1.82, 2.24) is 14.8 Å². The van der Waals surface area contributed by atoms with Gasteiger partial charge in [-0.2, -0.15) is 10.1 Å². The molecule has 1 aromatic heterocycles. The topological polar surface area (TPSA) is 78.3 Å². The molecule has 1 aliphatic heterocycles. The van der Waals surface area contributed by atoms with Gasteiger partial charge in [0.15, 0.2) is 11.5 Å². The predicted octanol–water partition coefficient (Wildman–Crippen LogP) is 4.49. The summed E-state index contributed by atoms with van der Waals surface area (Å²) in [5.41, 5.74) is 1.78. The number of anilines is 1. The number of nitrogens with zero attached hydrogens (tertiary/aromatic N) is 3. The summed E-state index contributed by atoms with van der Waals surface area (Å²) in [6.07, 6.45) is 1.69. The van der Waals surface area contributed by atoms with Gasteiger partial charge >= 0.3 is 0 Å². The molecule has 0 saturated heterocycles. The molecule has 0 bridgehead atoms. The van der Waals surface area contributed by atoms with Crippen molar-refractivity contribution < 1.29 is 14.3 Å². The fraction of sp³-hybridized carbons (Fsp3) is 0.250. The van der Waals surface area contributed by atoms with Crippen LogP contribution in [0.25, 0.3) is 0 Å². The number of carbonyl (C=O) groups is 1. The van der Waals surface area contributed by atoms with Gasteiger partial charge in [0.2, 0.25) is 11.9 Å². The number of ether oxygens (including phenoxy) is 2. The van der Waals surface area contributed by atoms with Crippen LogP contribution in [0.15, 0.2) is 42.7 Å². The molecular formula is C20H18Cl2N4O3. The largest absolute Gasteiger partial charge is 0.490 e. The van der Waals surface area contributed by atoms with Crippen LogP contribution < -0.4 is 14.8 Å². The second-order valence-electron chi connectivity index (χ2n) is 6.47. The van der Waals surface area contributed by atoms with E-state index in [1.165, 1.54) is 6.33 Å². The second kappa shape index (κ2) is 8.31. The van der Waals surface area contributed by atoms with Crippen LogP contribution >= 0.6 is 23.2 Å². The molecule has 4 rings (SSSR count). The summed E-state index contributed by atoms with van der Waals surface area (Å²) in [6.45, 7) is 2.70. The first-order valence-electron chi connectivity index (χ1n) is 9.08. The molecule has 7 nitrogen and oxygen atoms in total. The minimum Gasteiger partial charge on any atom is -0.490 e. The van der Waals surface area contributed by atoms with E-state index in [9.17, 15) is 4.79 Å². The third kappa shape index (κ3) is 4.16. The molecule has 0 spiro atoms. The third-order valence-corrected chi connectivity index (χ3v) is 5.27. The van der Waals surface area contributed by atoms with E-state index < -0.39 is 0 Å². The van der Waals surface area contributed by atoms with E-state index in [0.717, 1.165) is 11.1 Å². The normalized spacial score (nSPS) is 15.6. The van der Waals surface area contributed by atoms with Gasteiger partial charge in [0, 0.05) is 0 Å². The number of benzene rings is 2. The zero-order chi connectivity index (χ0) is 20.4. The summed E-state index contributed by atoms with van der Waals surface area (Å²) in [4.78, 5) is 16.1. The Balaban J connectivity index is 1.59. The highest BCUT2D eigenvalue weighted by atomic mass is 35.5. The number of carbonyl (C=O) groups excluding carboxylic acids is 1. The van der Waals surface area contributed by atoms with E-state index in [2.05, 4.69) is 15.4 Å². The van der Waals surface area contributed by atoms with Crippen molar-refractivity contribution in [1.29, 1.82) is 0 Å². The Morgan fingerprint density at radius 1 is 1.14 bits per heavy atom. The molecule has 0 saturated carbocycles. The maximum Gasteiger partial charge on any atom is 0.229 e. The van der Waals surface area contributed by atoms with E-state index in [1.807, 2.05) is 31.2 Å². The molecule has 0 unspecified atom stereocenters. The van der Waals surface area contributed by atoms with Gasteiger partial charge < -0.3 is 9.47 Å². The number of fused-ring (bicyclic) bond motifs is 1. The fourth-order valence-corrected chi connectivity index (χ4v) is 3.50. The van der Waals surface area contributed by atoms with Crippen LogP contribution in [0.3, 0.4) is 0 Å². The maximum absolute atomic E-state index is 12.0. The van der Waals surface area contributed by atoms with Gasteiger partial charge in [0.05, 0.1) is 29.1 Å². The van der Waals surface area contributed by atoms with Crippen molar-refractivity contribution >= 4 is 35.1 Å². The van der Waals surface area contributed by atoms with E-state index >= 15 is 0 Å². The molecule has 9 heteroatoms. The lowest BCUT2D eigenvalue weighted by molar-refractivity contribution is -0.117. The molecular weight excluding hydrogens is 415 g/mol. The highest BCUT2D eigenvalue weighted by Crippen LogP contribution is 2.35. The SMILES string of the molecule is CCOc1cc([C@H]2CC(=O)Nc3ncnn32)ccc1OCc1ccc(Cl)c(Cl)c1. The minimum absolute atomic E-state index is 0.103. The molecule has 2 aromatic carbocycles. The Morgan fingerprint density at radius 2 is 2.00 bits per heavy atom. The van der Waals surface area contributed by atoms with Crippen molar-refractivity contribution in [2.45, 2.75) is 26.0 Å². The van der Waals surface area contributed by atoms with Crippen molar-refractivity contribution in [2.75, 3.05) is 11.9 Å². The smallest absolute Gasteiger partial charge is 0.229 e. The summed E-state index contributed by atoms with van der Waals surface area (Å²) in [5.74, 6) is 1.52. The number of halogens is 2. The number of amides is 1. The van der Waals surface area contributed by atoms with Gasteiger partial charge in [-0.05, 0) is 42.3 Å². The van der Waals surface area contributed by atoms with Crippen LogP contribution in [0.5, 0.6) is 11.5 Å². The number of aromatic nitrogens is 3. The van der Waals surface area contributed by atoms with Gasteiger partial charge in [-0.3, -0.25) is 10.1 Å². The zero-order valence-corrected chi connectivity index (χ0v) is 17.1. The molecule has 1 atom stereocenters. The Morgan fingerprint density at radius 3 is 2.79 bits per heavy atom. The van der Waals surface area contributed by atoms with Crippen LogP contribution in [-0.2, 0) is 11.4 Å². The molecule has 0 radical (unpaired) electrons. The quantitative estimate of drug-likeness (QED) is 0.620. The van der Waals surface area contributed by atoms with Crippen molar-refractivity contribution in [3.05, 3.63) is 63.9 Å². The fourth-order valence-electron chi connectivity index (χ4n) is 3.17. The first-order chi connectivity index (χ1) is 14.0. The van der Waals surface area contributed by atoms with Gasteiger partial charge in [0.25, 0.3) is 0 Å². The van der Waals surface area contributed by atoms with Crippen LogP contribution in [0.1, 0.15) is 30.5 Å². The lowest BCUT2D eigenvalue weighted by Gasteiger charge is -2.24. The summed E-state index contributed by atoms with van der Waals surface area (Å²) in [6, 6.07) is 10.7. The molecule has 1 aliphatic rings. The number of hydrogen-bond acceptors (Lipinski definition) is 5. The average Bonchev–Trinajstić information content (AvgIpc) is 3.17. The van der Waals surface area contributed by atoms with E-state index in [-0.39, 0.29) is 18.4 Å². The predicted molar refractivity (Wildman–Crippen MR) is 110 cm³/mol. The molecule has 1 N–H and O–H groups in total. The van der Waals surface area contributed by atoms with Crippen LogP contribution in [0.2, 0.25) is 10.0 Å². The highest BCUT2D eigenvalue weighted by molar-refractivity contribution is 6.42. The molecule has 1 amide bonds. The number of rotatable bonds is 6. The van der Waals surface area contributed by atoms with E-state index in [1.54, 1.807) is 16.8 Å². The number of hydrogen-bond donors (Lipinski definition) is 1. The highest BCUT2D eigenvalue weighted by Gasteiger charge is 2.28. The first-order valence-corrected chi connectivity index (χ1v) is 9.83. The van der Waals surface area contributed by atoms with E-state index in [4.69, 9.17) is 32.7 Å². The van der Waals surface area contributed by atoms with Crippen LogP contribution in [0.4, 0.5) is 5.95 Å². The summed E-state index contributed by atoms with van der Waals surface area (Å²) in [7, 11) is 0. The Bertz CT molecular complexity index is 1050. The Labute approximate surface area is 177 Å². The molecule has 150 valence electrons. The maximum atomic E-state index is 12.0. The molecule has 2 heterocycles. The molecule has 0 fully saturated rings. The van der Waals surface area contributed by atoms with Gasteiger partial charge in [-0.15, -0.1) is 0 Å². The summed E-state index contributed by atoms with van der Waals surface area (Å²) >= 11 is 12.0. The summed E-state index contributed by atoms with van der Waals surface area (Å²) in [5, 5.41) is 7.92. The van der Waals surface area contributed by atoms with Gasteiger partial charge in [-0.25, -0.2) is 4.68 Å². The standard InChI is InChI=1S/C20H18Cl2N4O3/c1-2-28-18-8-13(16-9-19(27)25-20-23-11-24-26(16)20)4-6-17(18)29-10-12-3-5-14(21)15(22)7-12/h3-8,11,16H,2,9-10H2,1H3,(H,23,24,25,27)/t16-/m1/s1. The van der Waals surface area contributed by atoms with E-state index in [0.29, 0.717) is 40.7 Å². The molecule has 3 aromatic rings. The summed E-state index contributed by atoms with van der Waals surface area (Å²) < 4.78 is 13.4. The molecule has 29 heavy (non-hydrogen) atoms. The van der Waals surface area contributed by atoms with Crippen molar-refractivity contribution in [3.8, 4) is 11.5 Å². The van der Waals surface area contributed by atoms with Gasteiger partial charge in [0.1, 0.15) is 12.9 Å². The first kappa shape index (κ1) is 19.5.